The molecule has 0 spiro atoms. The van der Waals surface area contributed by atoms with Crippen molar-refractivity contribution in [2.75, 3.05) is 13.1 Å². The molecule has 132 valence electrons. The van der Waals surface area contributed by atoms with E-state index in [1.54, 1.807) is 28.0 Å². The molecule has 0 saturated heterocycles. The van der Waals surface area contributed by atoms with E-state index >= 15 is 0 Å². The van der Waals surface area contributed by atoms with Crippen molar-refractivity contribution in [2.24, 2.45) is 0 Å². The van der Waals surface area contributed by atoms with Gasteiger partial charge < -0.3 is 10.2 Å². The van der Waals surface area contributed by atoms with E-state index < -0.39 is 6.04 Å². The van der Waals surface area contributed by atoms with Crippen LogP contribution in [0.4, 0.5) is 4.79 Å². The predicted octanol–water partition coefficient (Wildman–Crippen LogP) is 3.49. The Balaban J connectivity index is 2.11. The summed E-state index contributed by atoms with van der Waals surface area (Å²) >= 11 is 6.11. The lowest BCUT2D eigenvalue weighted by Gasteiger charge is -2.33. The van der Waals surface area contributed by atoms with Crippen molar-refractivity contribution in [1.82, 2.24) is 15.1 Å². The number of amides is 3. The van der Waals surface area contributed by atoms with Crippen LogP contribution in [0.25, 0.3) is 0 Å². The number of nitrogens with zero attached hydrogens (tertiary/aromatic N) is 2. The fourth-order valence-electron chi connectivity index (χ4n) is 3.29. The van der Waals surface area contributed by atoms with Crippen LogP contribution in [0.2, 0.25) is 5.02 Å². The fourth-order valence-corrected chi connectivity index (χ4v) is 3.49. The number of rotatable bonds is 3. The van der Waals surface area contributed by atoms with Crippen molar-refractivity contribution in [1.29, 1.82) is 0 Å². The third kappa shape index (κ3) is 3.04. The lowest BCUT2D eigenvalue weighted by Crippen LogP contribution is -2.47. The highest BCUT2D eigenvalue weighted by Gasteiger charge is 2.46. The van der Waals surface area contributed by atoms with Gasteiger partial charge in [-0.2, -0.15) is 0 Å². The van der Waals surface area contributed by atoms with Gasteiger partial charge in [0.25, 0.3) is 5.91 Å². The monoisotopic (exact) mass is 359 g/mol. The van der Waals surface area contributed by atoms with Crippen LogP contribution >= 0.6 is 11.6 Å². The molecule has 1 N–H and O–H groups in total. The Morgan fingerprint density at radius 1 is 1.36 bits per heavy atom. The number of hydrogen-bond acceptors (Lipinski definition) is 2. The standard InChI is InChI=1S/C19H22ClN3O2/c1-5-9-22-14-11-23(19(2,3)4)17(24)15(14)16(21-18(22)25)12-7-6-8-13(20)10-12/h5-8,10,16H,1,9,11H2,2-4H3,(H,21,25)/t16-/m0/s1. The molecule has 0 aliphatic carbocycles. The predicted molar refractivity (Wildman–Crippen MR) is 98.1 cm³/mol. The highest BCUT2D eigenvalue weighted by atomic mass is 35.5. The van der Waals surface area contributed by atoms with Gasteiger partial charge in [0.1, 0.15) is 0 Å². The van der Waals surface area contributed by atoms with Gasteiger partial charge >= 0.3 is 6.03 Å². The minimum absolute atomic E-state index is 0.0541. The first-order valence-electron chi connectivity index (χ1n) is 8.23. The molecule has 25 heavy (non-hydrogen) atoms. The van der Waals surface area contributed by atoms with E-state index in [-0.39, 0.29) is 17.5 Å². The van der Waals surface area contributed by atoms with Crippen LogP contribution in [0, 0.1) is 0 Å². The Hall–Kier alpha value is -2.27. The summed E-state index contributed by atoms with van der Waals surface area (Å²) in [5, 5.41) is 3.51. The van der Waals surface area contributed by atoms with Crippen LogP contribution < -0.4 is 5.32 Å². The van der Waals surface area contributed by atoms with E-state index in [1.165, 1.54) is 0 Å². The van der Waals surface area contributed by atoms with Crippen molar-refractivity contribution < 1.29 is 9.59 Å². The van der Waals surface area contributed by atoms with E-state index in [0.29, 0.717) is 23.7 Å². The number of benzene rings is 1. The second kappa shape index (κ2) is 6.23. The molecule has 0 saturated carbocycles. The van der Waals surface area contributed by atoms with Gasteiger partial charge in [0.05, 0.1) is 23.9 Å². The first kappa shape index (κ1) is 17.5. The van der Waals surface area contributed by atoms with Gasteiger partial charge in [-0.3, -0.25) is 9.69 Å². The second-order valence-electron chi connectivity index (χ2n) is 7.26. The van der Waals surface area contributed by atoms with E-state index in [2.05, 4.69) is 11.9 Å². The van der Waals surface area contributed by atoms with Gasteiger partial charge in [0, 0.05) is 17.1 Å². The molecule has 2 aliphatic rings. The molecule has 3 rings (SSSR count). The molecule has 0 fully saturated rings. The minimum atomic E-state index is -0.498. The molecule has 0 unspecified atom stereocenters. The maximum absolute atomic E-state index is 13.1. The third-order valence-electron chi connectivity index (χ3n) is 4.53. The number of urea groups is 1. The van der Waals surface area contributed by atoms with Gasteiger partial charge in [0.2, 0.25) is 0 Å². The normalized spacial score (nSPS) is 20.7. The van der Waals surface area contributed by atoms with Crippen molar-refractivity contribution in [3.05, 3.63) is 58.8 Å². The summed E-state index contributed by atoms with van der Waals surface area (Å²) in [5.74, 6) is -0.0541. The first-order valence-corrected chi connectivity index (χ1v) is 8.61. The number of halogens is 1. The largest absolute Gasteiger partial charge is 0.328 e. The lowest BCUT2D eigenvalue weighted by atomic mass is 9.95. The van der Waals surface area contributed by atoms with E-state index in [4.69, 9.17) is 11.6 Å². The maximum atomic E-state index is 13.1. The Morgan fingerprint density at radius 3 is 2.68 bits per heavy atom. The van der Waals surface area contributed by atoms with Crippen LogP contribution in [0.5, 0.6) is 0 Å². The van der Waals surface area contributed by atoms with Crippen LogP contribution in [0.15, 0.2) is 48.2 Å². The number of hydrogen-bond donors (Lipinski definition) is 1. The molecule has 0 radical (unpaired) electrons. The zero-order valence-corrected chi connectivity index (χ0v) is 15.4. The number of carbonyl (C=O) groups excluding carboxylic acids is 2. The van der Waals surface area contributed by atoms with Crippen LogP contribution in [-0.4, -0.2) is 40.4 Å². The van der Waals surface area contributed by atoms with Crippen molar-refractivity contribution in [3.63, 3.8) is 0 Å². The fraction of sp³-hybridized carbons (Fsp3) is 0.368. The first-order chi connectivity index (χ1) is 11.7. The molecular weight excluding hydrogens is 338 g/mol. The summed E-state index contributed by atoms with van der Waals surface area (Å²) in [6, 6.07) is 6.52. The Labute approximate surface area is 152 Å². The summed E-state index contributed by atoms with van der Waals surface area (Å²) in [4.78, 5) is 29.2. The zero-order valence-electron chi connectivity index (χ0n) is 14.7. The highest BCUT2D eigenvalue weighted by molar-refractivity contribution is 6.30. The molecule has 6 heteroatoms. The molecular formula is C19H22ClN3O2. The van der Waals surface area contributed by atoms with Crippen molar-refractivity contribution in [3.8, 4) is 0 Å². The van der Waals surface area contributed by atoms with Gasteiger partial charge in [-0.15, -0.1) is 6.58 Å². The number of carbonyl (C=O) groups is 2. The Kier molecular flexibility index (Phi) is 4.37. The smallest absolute Gasteiger partial charge is 0.322 e. The quantitative estimate of drug-likeness (QED) is 0.840. The second-order valence-corrected chi connectivity index (χ2v) is 7.70. The summed E-state index contributed by atoms with van der Waals surface area (Å²) in [6.45, 7) is 10.5. The van der Waals surface area contributed by atoms with Gasteiger partial charge in [-0.25, -0.2) is 4.79 Å². The summed E-state index contributed by atoms with van der Waals surface area (Å²) in [6.07, 6.45) is 1.66. The third-order valence-corrected chi connectivity index (χ3v) is 4.76. The summed E-state index contributed by atoms with van der Waals surface area (Å²) in [7, 11) is 0. The van der Waals surface area contributed by atoms with Gasteiger partial charge in [-0.1, -0.05) is 29.8 Å². The molecule has 1 atom stereocenters. The molecule has 0 aromatic heterocycles. The van der Waals surface area contributed by atoms with Gasteiger partial charge in [0.15, 0.2) is 0 Å². The molecule has 5 nitrogen and oxygen atoms in total. The molecule has 1 aromatic carbocycles. The average Bonchev–Trinajstić information content (AvgIpc) is 2.88. The highest BCUT2D eigenvalue weighted by Crippen LogP contribution is 2.39. The van der Waals surface area contributed by atoms with Crippen molar-refractivity contribution in [2.45, 2.75) is 32.4 Å². The van der Waals surface area contributed by atoms with E-state index in [1.807, 2.05) is 32.9 Å². The van der Waals surface area contributed by atoms with Crippen molar-refractivity contribution >= 4 is 23.5 Å². The molecule has 2 heterocycles. The molecule has 2 aliphatic heterocycles. The Morgan fingerprint density at radius 2 is 2.08 bits per heavy atom. The Bertz CT molecular complexity index is 779. The van der Waals surface area contributed by atoms with Crippen LogP contribution in [0.3, 0.4) is 0 Å². The van der Waals surface area contributed by atoms with E-state index in [0.717, 1.165) is 11.3 Å². The molecule has 3 amide bonds. The average molecular weight is 360 g/mol. The SMILES string of the molecule is C=CCN1C(=O)N[C@@H](c2cccc(Cl)c2)C2=C1CN(C(C)(C)C)C2=O. The topological polar surface area (TPSA) is 52.7 Å². The number of nitrogens with one attached hydrogen (secondary N) is 1. The lowest BCUT2D eigenvalue weighted by molar-refractivity contribution is -0.129. The molecule has 0 bridgehead atoms. The maximum Gasteiger partial charge on any atom is 0.322 e. The minimum Gasteiger partial charge on any atom is -0.328 e. The summed E-state index contributed by atoms with van der Waals surface area (Å²) < 4.78 is 0. The van der Waals surface area contributed by atoms with Crippen LogP contribution in [-0.2, 0) is 4.79 Å². The zero-order chi connectivity index (χ0) is 18.4. The molecule has 1 aromatic rings. The van der Waals surface area contributed by atoms with E-state index in [9.17, 15) is 9.59 Å². The van der Waals surface area contributed by atoms with Gasteiger partial charge in [-0.05, 0) is 38.5 Å². The summed E-state index contributed by atoms with van der Waals surface area (Å²) in [5.41, 5.74) is 1.82. The van der Waals surface area contributed by atoms with Crippen LogP contribution in [0.1, 0.15) is 32.4 Å².